The molecule has 0 bridgehead atoms. The van der Waals surface area contributed by atoms with E-state index in [1.165, 1.54) is 0 Å². The van der Waals surface area contributed by atoms with Crippen LogP contribution in [-0.4, -0.2) is 33.8 Å². The lowest BCUT2D eigenvalue weighted by atomic mass is 10.0. The van der Waals surface area contributed by atoms with E-state index in [0.717, 1.165) is 12.0 Å². The van der Waals surface area contributed by atoms with Crippen LogP contribution < -0.4 is 5.32 Å². The number of hydrogen-bond acceptors (Lipinski definition) is 3. The Morgan fingerprint density at radius 3 is 2.76 bits per heavy atom. The predicted octanol–water partition coefficient (Wildman–Crippen LogP) is 2.14. The molecule has 2 heterocycles. The highest BCUT2D eigenvalue weighted by Crippen LogP contribution is 2.22. The minimum Gasteiger partial charge on any atom is -0.343 e. The Morgan fingerprint density at radius 2 is 2.14 bits per heavy atom. The number of piperazine rings is 1. The fraction of sp³-hybridized carbons (Fsp3) is 0.533. The van der Waals surface area contributed by atoms with E-state index >= 15 is 0 Å². The molecule has 0 spiro atoms. The molecule has 114 valence electrons. The van der Waals surface area contributed by atoms with Gasteiger partial charge in [0.15, 0.2) is 0 Å². The number of halogens is 1. The summed E-state index contributed by atoms with van der Waals surface area (Å²) in [4.78, 5) is 30.4. The van der Waals surface area contributed by atoms with Crippen LogP contribution in [0.4, 0.5) is 0 Å². The zero-order valence-electron chi connectivity index (χ0n) is 12.3. The first-order valence-corrected chi connectivity index (χ1v) is 7.65. The average Bonchev–Trinajstić information content (AvgIpc) is 2.46. The lowest BCUT2D eigenvalue weighted by Crippen LogP contribution is -2.62. The lowest BCUT2D eigenvalue weighted by molar-refractivity contribution is -0.150. The van der Waals surface area contributed by atoms with Crippen LogP contribution in [0.2, 0.25) is 5.02 Å². The van der Waals surface area contributed by atoms with Crippen LogP contribution in [0.25, 0.3) is 0 Å². The Morgan fingerprint density at radius 1 is 1.38 bits per heavy atom. The van der Waals surface area contributed by atoms with Crippen LogP contribution in [0, 0.1) is 0 Å². The number of nitrogens with zero attached hydrogens (tertiary/aromatic N) is 2. The van der Waals surface area contributed by atoms with E-state index in [0.29, 0.717) is 24.4 Å². The molecule has 0 aromatic carbocycles. The summed E-state index contributed by atoms with van der Waals surface area (Å²) in [6, 6.07) is 0.921. The van der Waals surface area contributed by atoms with Crippen molar-refractivity contribution in [2.75, 3.05) is 0 Å². The summed E-state index contributed by atoms with van der Waals surface area (Å²) in [6.45, 7) is 4.24. The summed E-state index contributed by atoms with van der Waals surface area (Å²) in [7, 11) is 0. The van der Waals surface area contributed by atoms with Gasteiger partial charge in [-0.3, -0.25) is 14.6 Å². The molecule has 2 rings (SSSR count). The average molecular weight is 310 g/mol. The second-order valence-electron chi connectivity index (χ2n) is 5.21. The van der Waals surface area contributed by atoms with Crippen molar-refractivity contribution in [3.63, 3.8) is 0 Å². The minimum atomic E-state index is -0.435. The van der Waals surface area contributed by atoms with Gasteiger partial charge in [-0.2, -0.15) is 0 Å². The monoisotopic (exact) mass is 309 g/mol. The number of rotatable bonds is 5. The van der Waals surface area contributed by atoms with Crippen molar-refractivity contribution in [3.8, 4) is 0 Å². The number of hydrogen-bond donors (Lipinski definition) is 1. The van der Waals surface area contributed by atoms with Gasteiger partial charge in [0.2, 0.25) is 11.8 Å². The Hall–Kier alpha value is -1.62. The Balaban J connectivity index is 2.25. The van der Waals surface area contributed by atoms with Crippen LogP contribution in [0.15, 0.2) is 18.5 Å². The fourth-order valence-corrected chi connectivity index (χ4v) is 2.80. The van der Waals surface area contributed by atoms with Crippen LogP contribution in [0.1, 0.15) is 38.7 Å². The molecule has 1 aliphatic rings. The highest BCUT2D eigenvalue weighted by molar-refractivity contribution is 6.31. The number of aromatic nitrogens is 1. The van der Waals surface area contributed by atoms with E-state index in [4.69, 9.17) is 11.6 Å². The highest BCUT2D eigenvalue weighted by atomic mass is 35.5. The normalized spacial score (nSPS) is 22.3. The van der Waals surface area contributed by atoms with Gasteiger partial charge in [-0.1, -0.05) is 31.9 Å². The van der Waals surface area contributed by atoms with E-state index in [2.05, 4.69) is 10.3 Å². The van der Waals surface area contributed by atoms with Gasteiger partial charge in [0.1, 0.15) is 12.1 Å². The first-order chi connectivity index (χ1) is 10.1. The van der Waals surface area contributed by atoms with Crippen molar-refractivity contribution >= 4 is 23.4 Å². The van der Waals surface area contributed by atoms with Gasteiger partial charge in [-0.15, -0.1) is 0 Å². The molecule has 0 saturated carbocycles. The molecule has 2 atom stereocenters. The molecule has 1 aromatic rings. The number of carbonyl (C=O) groups excluding carboxylic acids is 2. The maximum absolute atomic E-state index is 12.6. The third kappa shape index (κ3) is 3.35. The number of nitrogens with one attached hydrogen (secondary N) is 1. The molecule has 2 unspecified atom stereocenters. The Labute approximate surface area is 129 Å². The molecule has 1 fully saturated rings. The van der Waals surface area contributed by atoms with E-state index in [1.807, 2.05) is 13.8 Å². The molecule has 5 nitrogen and oxygen atoms in total. The van der Waals surface area contributed by atoms with E-state index < -0.39 is 12.1 Å². The predicted molar refractivity (Wildman–Crippen MR) is 80.7 cm³/mol. The highest BCUT2D eigenvalue weighted by Gasteiger charge is 2.39. The standard InChI is InChI=1S/C15H20ClN3O2/c1-3-5-12-15(21)19(13(4-2)14(20)18-12)9-10-6-7-17-8-11(10)16/h6-8,12-13H,3-5,9H2,1-2H3,(H,18,20). The molecule has 6 heteroatoms. The van der Waals surface area contributed by atoms with Crippen LogP contribution in [0.3, 0.4) is 0 Å². The third-order valence-electron chi connectivity index (χ3n) is 3.74. The summed E-state index contributed by atoms with van der Waals surface area (Å²) in [6.07, 6.45) is 5.27. The van der Waals surface area contributed by atoms with E-state index in [9.17, 15) is 9.59 Å². The van der Waals surface area contributed by atoms with Crippen molar-refractivity contribution in [3.05, 3.63) is 29.0 Å². The van der Waals surface area contributed by atoms with E-state index in [-0.39, 0.29) is 11.8 Å². The van der Waals surface area contributed by atoms with Gasteiger partial charge < -0.3 is 10.2 Å². The second-order valence-corrected chi connectivity index (χ2v) is 5.61. The molecule has 1 aromatic heterocycles. The maximum atomic E-state index is 12.6. The minimum absolute atomic E-state index is 0.0313. The van der Waals surface area contributed by atoms with Crippen molar-refractivity contribution < 1.29 is 9.59 Å². The van der Waals surface area contributed by atoms with Gasteiger partial charge in [-0.25, -0.2) is 0 Å². The summed E-state index contributed by atoms with van der Waals surface area (Å²) in [5.41, 5.74) is 0.809. The number of carbonyl (C=O) groups is 2. The van der Waals surface area contributed by atoms with Crippen molar-refractivity contribution in [1.29, 1.82) is 0 Å². The fourth-order valence-electron chi connectivity index (χ4n) is 2.62. The molecule has 2 amide bonds. The van der Waals surface area contributed by atoms with Crippen molar-refractivity contribution in [2.24, 2.45) is 0 Å². The SMILES string of the molecule is CCCC1NC(=O)C(CC)N(Cc2ccncc2Cl)C1=O. The van der Waals surface area contributed by atoms with Crippen LogP contribution in [-0.2, 0) is 16.1 Å². The Kier molecular flexibility index (Phi) is 5.17. The summed E-state index contributed by atoms with van der Waals surface area (Å²) in [5.74, 6) is -0.114. The summed E-state index contributed by atoms with van der Waals surface area (Å²) < 4.78 is 0. The van der Waals surface area contributed by atoms with Gasteiger partial charge in [-0.05, 0) is 24.5 Å². The van der Waals surface area contributed by atoms with Gasteiger partial charge in [0, 0.05) is 18.9 Å². The summed E-state index contributed by atoms with van der Waals surface area (Å²) >= 11 is 6.12. The van der Waals surface area contributed by atoms with Gasteiger partial charge in [0.05, 0.1) is 5.02 Å². The topological polar surface area (TPSA) is 62.3 Å². The zero-order valence-corrected chi connectivity index (χ0v) is 13.1. The summed E-state index contributed by atoms with van der Waals surface area (Å²) in [5, 5.41) is 3.34. The molecule has 1 saturated heterocycles. The molecule has 0 aliphatic carbocycles. The van der Waals surface area contributed by atoms with Crippen molar-refractivity contribution in [2.45, 2.75) is 51.7 Å². The molecule has 21 heavy (non-hydrogen) atoms. The van der Waals surface area contributed by atoms with E-state index in [1.54, 1.807) is 23.4 Å². The van der Waals surface area contributed by atoms with Crippen LogP contribution >= 0.6 is 11.6 Å². The molecular weight excluding hydrogens is 290 g/mol. The van der Waals surface area contributed by atoms with Crippen LogP contribution in [0.5, 0.6) is 0 Å². The Bertz CT molecular complexity index is 535. The van der Waals surface area contributed by atoms with Crippen molar-refractivity contribution in [1.82, 2.24) is 15.2 Å². The number of amides is 2. The lowest BCUT2D eigenvalue weighted by Gasteiger charge is -2.38. The quantitative estimate of drug-likeness (QED) is 0.906. The molecule has 1 N–H and O–H groups in total. The van der Waals surface area contributed by atoms with Gasteiger partial charge in [0.25, 0.3) is 0 Å². The largest absolute Gasteiger partial charge is 0.343 e. The molecule has 1 aliphatic heterocycles. The molecular formula is C15H20ClN3O2. The third-order valence-corrected chi connectivity index (χ3v) is 4.08. The smallest absolute Gasteiger partial charge is 0.246 e. The molecule has 0 radical (unpaired) electrons. The first-order valence-electron chi connectivity index (χ1n) is 7.27. The first kappa shape index (κ1) is 15.8. The second kappa shape index (κ2) is 6.89. The van der Waals surface area contributed by atoms with Gasteiger partial charge >= 0.3 is 0 Å². The zero-order chi connectivity index (χ0) is 15.4. The number of pyridine rings is 1. The maximum Gasteiger partial charge on any atom is 0.246 e.